The van der Waals surface area contributed by atoms with E-state index in [1.807, 2.05) is 60.0 Å². The maximum absolute atomic E-state index is 13.5. The number of nitrogens with zero attached hydrogens (tertiary/aromatic N) is 4. The monoisotopic (exact) mass is 545 g/mol. The molecule has 1 N–H and O–H groups in total. The van der Waals surface area contributed by atoms with Crippen LogP contribution in [0, 0.1) is 0 Å². The molecule has 0 aliphatic carbocycles. The fourth-order valence-corrected chi connectivity index (χ4v) is 4.98. The molecule has 0 spiro atoms. The number of carbonyl (C=O) groups is 2. The molecule has 2 aromatic heterocycles. The van der Waals surface area contributed by atoms with Crippen LogP contribution in [0.4, 0.5) is 20.7 Å². The Morgan fingerprint density at radius 1 is 1.30 bits per heavy atom. The summed E-state index contributed by atoms with van der Waals surface area (Å²) in [6, 6.07) is 11.3. The van der Waals surface area contributed by atoms with E-state index in [9.17, 15) is 14.0 Å². The first-order valence-corrected chi connectivity index (χ1v) is 13.8. The lowest BCUT2D eigenvalue weighted by Crippen LogP contribution is -2.33. The highest BCUT2D eigenvalue weighted by molar-refractivity contribution is 7.98. The van der Waals surface area contributed by atoms with Crippen molar-refractivity contribution in [1.82, 2.24) is 15.3 Å². The van der Waals surface area contributed by atoms with Gasteiger partial charge >= 0.3 is 6.09 Å². The van der Waals surface area contributed by atoms with Gasteiger partial charge in [0.25, 0.3) is 5.91 Å². The Hall–Kier alpha value is -3.38. The minimum Gasteiger partial charge on any atom is -0.485 e. The van der Waals surface area contributed by atoms with E-state index in [0.717, 1.165) is 4.88 Å². The van der Waals surface area contributed by atoms with E-state index in [1.165, 1.54) is 11.8 Å². The lowest BCUT2D eigenvalue weighted by Gasteiger charge is -2.23. The fraction of sp³-hybridized carbons (Fsp3) is 0.360. The number of thioether (sulfide) groups is 1. The molecule has 0 radical (unpaired) electrons. The van der Waals surface area contributed by atoms with Gasteiger partial charge in [0.05, 0.1) is 0 Å². The highest BCUT2D eigenvalue weighted by atomic mass is 32.2. The number of carbonyl (C=O) groups excluding carboxylic acids is 2. The third kappa shape index (κ3) is 6.69. The lowest BCUT2D eigenvalue weighted by atomic mass is 10.2. The van der Waals surface area contributed by atoms with Crippen LogP contribution in [0.3, 0.4) is 0 Å². The van der Waals surface area contributed by atoms with Gasteiger partial charge in [0.15, 0.2) is 5.16 Å². The molecule has 3 heterocycles. The second-order valence-corrected chi connectivity index (χ2v) is 9.88. The largest absolute Gasteiger partial charge is 0.485 e. The standard InChI is InChI=1S/C25H28FN5O4S2/c1-30-11-12-31(23(32)19-16-28-24(36-2)29-22(19)30)17-5-3-6-18(15-17)35-20(21-7-4-14-37-21)8-10-27-25(33)34-13-9-26/h3-7,14-16,20H,8-13H2,1-2H3,(H,27,33). The van der Waals surface area contributed by atoms with Gasteiger partial charge in [0, 0.05) is 55.9 Å². The zero-order chi connectivity index (χ0) is 26.2. The van der Waals surface area contributed by atoms with Crippen LogP contribution >= 0.6 is 23.1 Å². The van der Waals surface area contributed by atoms with Crippen molar-refractivity contribution in [2.75, 3.05) is 56.0 Å². The number of alkyl carbamates (subject to hydrolysis) is 1. The molecule has 3 aromatic rings. The maximum atomic E-state index is 13.5. The number of amides is 2. The van der Waals surface area contributed by atoms with Crippen LogP contribution < -0.4 is 19.9 Å². The SMILES string of the molecule is CSc1ncc2c(n1)N(C)CCN(c1cccc(OC(CCNC(=O)OCCF)c3cccs3)c1)C2=O. The Bertz CT molecular complexity index is 1210. The molecular weight excluding hydrogens is 517 g/mol. The number of ether oxygens (including phenoxy) is 2. The molecule has 1 aromatic carbocycles. The van der Waals surface area contributed by atoms with Crippen LogP contribution in [0.25, 0.3) is 0 Å². The van der Waals surface area contributed by atoms with Crippen molar-refractivity contribution in [3.8, 4) is 5.75 Å². The van der Waals surface area contributed by atoms with Gasteiger partial charge in [-0.15, -0.1) is 11.3 Å². The van der Waals surface area contributed by atoms with E-state index < -0.39 is 12.8 Å². The number of hydrogen-bond donors (Lipinski definition) is 1. The molecule has 196 valence electrons. The molecule has 0 saturated carbocycles. The predicted octanol–water partition coefficient (Wildman–Crippen LogP) is 4.56. The number of nitrogens with one attached hydrogen (secondary N) is 1. The van der Waals surface area contributed by atoms with Crippen LogP contribution in [-0.2, 0) is 4.74 Å². The number of rotatable bonds is 10. The number of alkyl halides is 1. The van der Waals surface area contributed by atoms with Gasteiger partial charge in [0.1, 0.15) is 36.5 Å². The first kappa shape index (κ1) is 26.7. The molecule has 1 aliphatic heterocycles. The highest BCUT2D eigenvalue weighted by Crippen LogP contribution is 2.32. The summed E-state index contributed by atoms with van der Waals surface area (Å²) in [6.45, 7) is 0.376. The summed E-state index contributed by atoms with van der Waals surface area (Å²) in [5.41, 5.74) is 1.15. The first-order chi connectivity index (χ1) is 18.0. The number of fused-ring (bicyclic) bond motifs is 1. The Kier molecular flexibility index (Phi) is 9.18. The lowest BCUT2D eigenvalue weighted by molar-refractivity contribution is 0.0989. The molecule has 0 bridgehead atoms. The average molecular weight is 546 g/mol. The number of thiophene rings is 1. The summed E-state index contributed by atoms with van der Waals surface area (Å²) in [5.74, 6) is 1.04. The second-order valence-electron chi connectivity index (χ2n) is 8.13. The molecule has 9 nitrogen and oxygen atoms in total. The van der Waals surface area contributed by atoms with Crippen LogP contribution in [0.2, 0.25) is 0 Å². The van der Waals surface area contributed by atoms with Gasteiger partial charge in [-0.2, -0.15) is 0 Å². The van der Waals surface area contributed by atoms with Crippen LogP contribution in [-0.4, -0.2) is 68.2 Å². The Morgan fingerprint density at radius 2 is 2.16 bits per heavy atom. The zero-order valence-electron chi connectivity index (χ0n) is 20.6. The smallest absolute Gasteiger partial charge is 0.407 e. The summed E-state index contributed by atoms with van der Waals surface area (Å²) < 4.78 is 23.3. The molecule has 37 heavy (non-hydrogen) atoms. The van der Waals surface area contributed by atoms with Crippen LogP contribution in [0.15, 0.2) is 53.1 Å². The van der Waals surface area contributed by atoms with Crippen LogP contribution in [0.5, 0.6) is 5.75 Å². The Labute approximate surface area is 223 Å². The summed E-state index contributed by atoms with van der Waals surface area (Å²) in [5, 5.41) is 5.19. The molecule has 0 saturated heterocycles. The van der Waals surface area contributed by atoms with E-state index >= 15 is 0 Å². The second kappa shape index (κ2) is 12.7. The summed E-state index contributed by atoms with van der Waals surface area (Å²) in [4.78, 5) is 38.7. The molecule has 4 rings (SSSR count). The van der Waals surface area contributed by atoms with Crippen molar-refractivity contribution in [3.05, 3.63) is 58.4 Å². The third-order valence-electron chi connectivity index (χ3n) is 5.68. The molecule has 1 unspecified atom stereocenters. The van der Waals surface area contributed by atoms with Crippen molar-refractivity contribution in [3.63, 3.8) is 0 Å². The van der Waals surface area contributed by atoms with E-state index in [1.54, 1.807) is 22.4 Å². The normalized spacial score (nSPS) is 14.1. The Morgan fingerprint density at radius 3 is 2.92 bits per heavy atom. The predicted molar refractivity (Wildman–Crippen MR) is 143 cm³/mol. The van der Waals surface area contributed by atoms with Crippen molar-refractivity contribution in [2.24, 2.45) is 0 Å². The topological polar surface area (TPSA) is 96.9 Å². The fourth-order valence-electron chi connectivity index (χ4n) is 3.86. The van der Waals surface area contributed by atoms with Crippen LogP contribution in [0.1, 0.15) is 27.8 Å². The quantitative estimate of drug-likeness (QED) is 0.293. The van der Waals surface area contributed by atoms with E-state index in [2.05, 4.69) is 15.3 Å². The molecule has 2 amide bonds. The van der Waals surface area contributed by atoms with Gasteiger partial charge < -0.3 is 24.6 Å². The highest BCUT2D eigenvalue weighted by Gasteiger charge is 2.28. The van der Waals surface area contributed by atoms with Gasteiger partial charge in [-0.1, -0.05) is 23.9 Å². The van der Waals surface area contributed by atoms with Crippen molar-refractivity contribution >= 4 is 46.6 Å². The van der Waals surface area contributed by atoms with Gasteiger partial charge in [0.2, 0.25) is 0 Å². The molecule has 12 heteroatoms. The number of benzene rings is 1. The Balaban J connectivity index is 1.50. The van der Waals surface area contributed by atoms with Crippen molar-refractivity contribution in [1.29, 1.82) is 0 Å². The summed E-state index contributed by atoms with van der Waals surface area (Å²) >= 11 is 2.98. The number of aromatic nitrogens is 2. The molecular formula is C25H28FN5O4S2. The number of hydrogen-bond acceptors (Lipinski definition) is 9. The number of anilines is 2. The molecule has 1 aliphatic rings. The number of halogens is 1. The average Bonchev–Trinajstić information content (AvgIpc) is 3.42. The van der Waals surface area contributed by atoms with Crippen molar-refractivity contribution < 1.29 is 23.5 Å². The van der Waals surface area contributed by atoms with E-state index in [-0.39, 0.29) is 18.6 Å². The van der Waals surface area contributed by atoms with Crippen molar-refractivity contribution in [2.45, 2.75) is 17.7 Å². The maximum Gasteiger partial charge on any atom is 0.407 e. The van der Waals surface area contributed by atoms with Gasteiger partial charge in [-0.25, -0.2) is 19.2 Å². The van der Waals surface area contributed by atoms with E-state index in [4.69, 9.17) is 9.47 Å². The molecule has 0 fully saturated rings. The zero-order valence-corrected chi connectivity index (χ0v) is 22.2. The van der Waals surface area contributed by atoms with E-state index in [0.29, 0.717) is 54.0 Å². The minimum absolute atomic E-state index is 0.171. The summed E-state index contributed by atoms with van der Waals surface area (Å²) in [7, 11) is 1.92. The minimum atomic E-state index is -0.724. The summed E-state index contributed by atoms with van der Waals surface area (Å²) in [6.07, 6.45) is 2.97. The molecule has 1 atom stereocenters. The van der Waals surface area contributed by atoms with Gasteiger partial charge in [-0.05, 0) is 29.8 Å². The first-order valence-electron chi connectivity index (χ1n) is 11.7. The number of likely N-dealkylation sites (N-methyl/N-ethyl adjacent to an activating group) is 1. The van der Waals surface area contributed by atoms with Gasteiger partial charge in [-0.3, -0.25) is 4.79 Å². The third-order valence-corrected chi connectivity index (χ3v) is 7.21.